The molecular formula is C30H34ClN7O2. The molecule has 0 atom stereocenters. The van der Waals surface area contributed by atoms with Gasteiger partial charge in [0.05, 0.1) is 0 Å². The van der Waals surface area contributed by atoms with Gasteiger partial charge < -0.3 is 14.7 Å². The lowest BCUT2D eigenvalue weighted by Crippen LogP contribution is -2.25. The molecule has 9 nitrogen and oxygen atoms in total. The molecule has 0 saturated heterocycles. The van der Waals surface area contributed by atoms with Gasteiger partial charge in [-0.2, -0.15) is 9.97 Å². The second-order valence-electron chi connectivity index (χ2n) is 9.31. The predicted octanol–water partition coefficient (Wildman–Crippen LogP) is 5.98. The third-order valence-corrected chi connectivity index (χ3v) is 7.03. The average molecular weight is 560 g/mol. The molecule has 0 spiro atoms. The second-order valence-corrected chi connectivity index (χ2v) is 9.72. The molecule has 0 amide bonds. The van der Waals surface area contributed by atoms with Crippen molar-refractivity contribution in [2.75, 3.05) is 25.0 Å². The highest BCUT2D eigenvalue weighted by Crippen LogP contribution is 2.27. The van der Waals surface area contributed by atoms with Gasteiger partial charge in [-0.25, -0.2) is 4.98 Å². The maximum Gasteiger partial charge on any atom is 0.260 e. The number of anilines is 2. The number of halogens is 1. The number of aromatic nitrogens is 5. The van der Waals surface area contributed by atoms with E-state index in [1.54, 1.807) is 29.8 Å². The fourth-order valence-corrected chi connectivity index (χ4v) is 4.54. The van der Waals surface area contributed by atoms with Gasteiger partial charge >= 0.3 is 0 Å². The molecule has 3 aromatic heterocycles. The summed E-state index contributed by atoms with van der Waals surface area (Å²) >= 11 is 6.54. The summed E-state index contributed by atoms with van der Waals surface area (Å²) in [6.45, 7) is 19.5. The van der Waals surface area contributed by atoms with Gasteiger partial charge in [-0.3, -0.25) is 9.36 Å². The number of allylic oxidation sites excluding steroid dienone is 4. The van der Waals surface area contributed by atoms with E-state index in [1.165, 1.54) is 5.56 Å². The zero-order valence-electron chi connectivity index (χ0n) is 23.4. The molecule has 0 saturated carbocycles. The van der Waals surface area contributed by atoms with E-state index < -0.39 is 0 Å². The molecule has 0 aliphatic heterocycles. The molecular weight excluding hydrogens is 526 g/mol. The third-order valence-electron chi connectivity index (χ3n) is 6.69. The van der Waals surface area contributed by atoms with Crippen LogP contribution in [0.3, 0.4) is 0 Å². The van der Waals surface area contributed by atoms with Crippen LogP contribution in [-0.4, -0.2) is 49.2 Å². The van der Waals surface area contributed by atoms with E-state index in [1.807, 2.05) is 19.1 Å². The monoisotopic (exact) mass is 559 g/mol. The number of hydrogen-bond donors (Lipinski definition) is 1. The molecule has 0 aliphatic rings. The summed E-state index contributed by atoms with van der Waals surface area (Å²) in [5, 5.41) is 8.02. The fourth-order valence-electron chi connectivity index (χ4n) is 4.30. The van der Waals surface area contributed by atoms with E-state index in [0.29, 0.717) is 52.0 Å². The third kappa shape index (κ3) is 6.55. The molecule has 10 heteroatoms. The zero-order valence-corrected chi connectivity index (χ0v) is 24.1. The first-order valence-corrected chi connectivity index (χ1v) is 13.7. The van der Waals surface area contributed by atoms with E-state index in [2.05, 4.69) is 69.5 Å². The van der Waals surface area contributed by atoms with Crippen molar-refractivity contribution >= 4 is 45.4 Å². The normalized spacial score (nSPS) is 11.8. The first-order chi connectivity index (χ1) is 19.2. The lowest BCUT2D eigenvalue weighted by Gasteiger charge is -2.17. The molecule has 4 aromatic rings. The van der Waals surface area contributed by atoms with E-state index in [-0.39, 0.29) is 10.6 Å². The van der Waals surface area contributed by atoms with Gasteiger partial charge in [0.25, 0.3) is 5.56 Å². The number of pyridine rings is 1. The highest BCUT2D eigenvalue weighted by molar-refractivity contribution is 6.37. The number of nitrogens with zero attached hydrogens (tertiary/aromatic N) is 6. The summed E-state index contributed by atoms with van der Waals surface area (Å²) in [6.07, 6.45) is 4.24. The molecule has 0 radical (unpaired) electrons. The van der Waals surface area contributed by atoms with Crippen LogP contribution in [0.2, 0.25) is 0 Å². The number of aryl methyl sites for hydroxylation is 2. The van der Waals surface area contributed by atoms with Crippen molar-refractivity contribution in [2.45, 2.75) is 40.7 Å². The van der Waals surface area contributed by atoms with Crippen LogP contribution in [0.1, 0.15) is 43.6 Å². The first-order valence-electron chi connectivity index (χ1n) is 13.3. The topological polar surface area (TPSA) is 102 Å². The van der Waals surface area contributed by atoms with Crippen molar-refractivity contribution in [3.63, 3.8) is 0 Å². The van der Waals surface area contributed by atoms with Crippen molar-refractivity contribution in [3.05, 3.63) is 94.0 Å². The number of nitrogens with one attached hydrogen (secondary N) is 1. The van der Waals surface area contributed by atoms with Gasteiger partial charge in [0.2, 0.25) is 17.7 Å². The van der Waals surface area contributed by atoms with Crippen LogP contribution in [0.15, 0.2) is 70.1 Å². The van der Waals surface area contributed by atoms with E-state index in [0.717, 1.165) is 31.7 Å². The Morgan fingerprint density at radius 3 is 2.50 bits per heavy atom. The molecule has 0 aliphatic carbocycles. The predicted molar refractivity (Wildman–Crippen MR) is 162 cm³/mol. The van der Waals surface area contributed by atoms with Gasteiger partial charge in [-0.05, 0) is 61.8 Å². The Hall–Kier alpha value is -4.08. The second kappa shape index (κ2) is 12.8. The Kier molecular flexibility index (Phi) is 9.29. The number of benzene rings is 1. The molecule has 4 rings (SSSR count). The van der Waals surface area contributed by atoms with Crippen LogP contribution in [-0.2, 0) is 13.0 Å². The van der Waals surface area contributed by atoms with Crippen molar-refractivity contribution in [1.82, 2.24) is 29.6 Å². The number of hydrogen-bond acceptors (Lipinski definition) is 8. The van der Waals surface area contributed by atoms with Gasteiger partial charge in [0.1, 0.15) is 5.65 Å². The van der Waals surface area contributed by atoms with Crippen molar-refractivity contribution in [1.29, 1.82) is 0 Å². The summed E-state index contributed by atoms with van der Waals surface area (Å²) < 4.78 is 6.58. The SMILES string of the molecule is C=C(/C=C(/Cl)C(=C)c1cc2cnc(Nc3ccc(CCN(CC)CC)cc3)nc2n(CC)c1=O)c1noc(C)n1. The largest absolute Gasteiger partial charge is 0.339 e. The molecule has 0 unspecified atom stereocenters. The van der Waals surface area contributed by atoms with Crippen molar-refractivity contribution < 1.29 is 4.52 Å². The summed E-state index contributed by atoms with van der Waals surface area (Å²) in [7, 11) is 0. The molecule has 1 N–H and O–H groups in total. The maximum atomic E-state index is 13.4. The average Bonchev–Trinajstić information content (AvgIpc) is 3.40. The van der Waals surface area contributed by atoms with Crippen molar-refractivity contribution in [2.24, 2.45) is 0 Å². The van der Waals surface area contributed by atoms with E-state index in [4.69, 9.17) is 16.1 Å². The summed E-state index contributed by atoms with van der Waals surface area (Å²) in [5.41, 5.74) is 3.54. The molecule has 40 heavy (non-hydrogen) atoms. The Bertz CT molecular complexity index is 1620. The van der Waals surface area contributed by atoms with Crippen LogP contribution < -0.4 is 10.9 Å². The minimum atomic E-state index is -0.255. The smallest absolute Gasteiger partial charge is 0.260 e. The Balaban J connectivity index is 1.56. The standard InChI is InChI=1S/C30H34ClN7O2/c1-7-37(8-2)15-14-22-10-12-24(13-11-22)34-30-32-18-23-17-25(29(39)38(9-3)28(23)35-30)20(5)26(31)16-19(4)27-33-21(6)40-36-27/h10-13,16-18H,4-5,7-9,14-15H2,1-3,6H3,(H,32,34,35)/b26-16+. The molecule has 0 bridgehead atoms. The van der Waals surface area contributed by atoms with Crippen LogP contribution in [0.5, 0.6) is 0 Å². The molecule has 208 valence electrons. The van der Waals surface area contributed by atoms with Gasteiger partial charge in [0, 0.05) is 53.5 Å². The highest BCUT2D eigenvalue weighted by Gasteiger charge is 2.16. The van der Waals surface area contributed by atoms with E-state index in [9.17, 15) is 4.79 Å². The maximum absolute atomic E-state index is 13.4. The number of rotatable bonds is 12. The Morgan fingerprint density at radius 1 is 1.15 bits per heavy atom. The Labute approximate surface area is 238 Å². The van der Waals surface area contributed by atoms with Gasteiger partial charge in [-0.15, -0.1) is 0 Å². The summed E-state index contributed by atoms with van der Waals surface area (Å²) in [6, 6.07) is 9.96. The minimum Gasteiger partial charge on any atom is -0.339 e. The van der Waals surface area contributed by atoms with Crippen molar-refractivity contribution in [3.8, 4) is 0 Å². The van der Waals surface area contributed by atoms with Gasteiger partial charge in [-0.1, -0.05) is 55.9 Å². The number of likely N-dealkylation sites (N-methyl/N-ethyl adjacent to an activating group) is 1. The molecule has 3 heterocycles. The van der Waals surface area contributed by atoms with Crippen LogP contribution >= 0.6 is 11.6 Å². The van der Waals surface area contributed by atoms with Crippen LogP contribution in [0.4, 0.5) is 11.6 Å². The minimum absolute atomic E-state index is 0.242. The van der Waals surface area contributed by atoms with Gasteiger partial charge in [0.15, 0.2) is 0 Å². The highest BCUT2D eigenvalue weighted by atomic mass is 35.5. The molecule has 1 aromatic carbocycles. The molecule has 0 fully saturated rings. The van der Waals surface area contributed by atoms with Crippen LogP contribution in [0.25, 0.3) is 22.2 Å². The summed E-state index contributed by atoms with van der Waals surface area (Å²) in [4.78, 5) is 29.1. The lowest BCUT2D eigenvalue weighted by atomic mass is 10.1. The number of fused-ring (bicyclic) bond motifs is 1. The quantitative estimate of drug-likeness (QED) is 0.211. The Morgan fingerprint density at radius 2 is 1.88 bits per heavy atom. The van der Waals surface area contributed by atoms with Crippen LogP contribution in [0, 0.1) is 6.92 Å². The fraction of sp³-hybridized carbons (Fsp3) is 0.300. The van der Waals surface area contributed by atoms with E-state index >= 15 is 0 Å². The first kappa shape index (κ1) is 28.9. The lowest BCUT2D eigenvalue weighted by molar-refractivity contribution is 0.308. The summed E-state index contributed by atoms with van der Waals surface area (Å²) in [5.74, 6) is 1.13. The zero-order chi connectivity index (χ0) is 28.8.